The molecule has 0 atom stereocenters. The minimum atomic E-state index is 0.109. The zero-order chi connectivity index (χ0) is 15.4. The van der Waals surface area contributed by atoms with E-state index in [1.54, 1.807) is 0 Å². The SMILES string of the molecule is Cc1cccc(CCC(=O)NCc2cc(C)n(C)c2C)c1. The number of aromatic nitrogens is 1. The molecule has 1 aromatic carbocycles. The van der Waals surface area contributed by atoms with Crippen LogP contribution in [0.4, 0.5) is 0 Å². The Balaban J connectivity index is 1.83. The zero-order valence-electron chi connectivity index (χ0n) is 13.4. The second-order valence-corrected chi connectivity index (χ2v) is 5.72. The van der Waals surface area contributed by atoms with Crippen LogP contribution in [0.2, 0.25) is 0 Å². The number of aryl methyl sites for hydroxylation is 3. The van der Waals surface area contributed by atoms with Crippen molar-refractivity contribution < 1.29 is 4.79 Å². The first kappa shape index (κ1) is 15.4. The number of nitrogens with one attached hydrogen (secondary N) is 1. The Bertz CT molecular complexity index is 641. The molecule has 0 bridgehead atoms. The van der Waals surface area contributed by atoms with Gasteiger partial charge >= 0.3 is 0 Å². The molecule has 1 aromatic heterocycles. The van der Waals surface area contributed by atoms with Gasteiger partial charge in [0.25, 0.3) is 0 Å². The first-order chi connectivity index (χ1) is 9.97. The molecular weight excluding hydrogens is 260 g/mol. The zero-order valence-corrected chi connectivity index (χ0v) is 13.4. The molecule has 3 nitrogen and oxygen atoms in total. The van der Waals surface area contributed by atoms with E-state index in [0.29, 0.717) is 13.0 Å². The minimum absolute atomic E-state index is 0.109. The van der Waals surface area contributed by atoms with Gasteiger partial charge in [0.1, 0.15) is 0 Å². The first-order valence-corrected chi connectivity index (χ1v) is 7.41. The molecule has 2 rings (SSSR count). The fourth-order valence-corrected chi connectivity index (χ4v) is 2.52. The fraction of sp³-hybridized carbons (Fsp3) is 0.389. The van der Waals surface area contributed by atoms with Crippen LogP contribution < -0.4 is 5.32 Å². The summed E-state index contributed by atoms with van der Waals surface area (Å²) in [6.07, 6.45) is 1.33. The van der Waals surface area contributed by atoms with E-state index in [2.05, 4.69) is 54.9 Å². The van der Waals surface area contributed by atoms with Crippen LogP contribution in [-0.4, -0.2) is 10.5 Å². The summed E-state index contributed by atoms with van der Waals surface area (Å²) in [5.41, 5.74) is 6.09. The topological polar surface area (TPSA) is 34.0 Å². The van der Waals surface area contributed by atoms with Crippen molar-refractivity contribution in [2.45, 2.75) is 40.2 Å². The van der Waals surface area contributed by atoms with Crippen LogP contribution in [0.3, 0.4) is 0 Å². The molecule has 0 unspecified atom stereocenters. The highest BCUT2D eigenvalue weighted by Crippen LogP contribution is 2.13. The van der Waals surface area contributed by atoms with Gasteiger partial charge in [-0.3, -0.25) is 4.79 Å². The summed E-state index contributed by atoms with van der Waals surface area (Å²) in [5, 5.41) is 3.01. The lowest BCUT2D eigenvalue weighted by Crippen LogP contribution is -2.23. The summed E-state index contributed by atoms with van der Waals surface area (Å²) in [7, 11) is 2.05. The summed E-state index contributed by atoms with van der Waals surface area (Å²) in [6.45, 7) is 6.85. The molecule has 1 amide bonds. The molecule has 0 spiro atoms. The Morgan fingerprint density at radius 1 is 1.19 bits per heavy atom. The normalized spacial score (nSPS) is 10.7. The smallest absolute Gasteiger partial charge is 0.220 e. The monoisotopic (exact) mass is 284 g/mol. The van der Waals surface area contributed by atoms with Gasteiger partial charge in [-0.2, -0.15) is 0 Å². The molecule has 0 aliphatic heterocycles. The molecule has 2 aromatic rings. The van der Waals surface area contributed by atoms with Crippen LogP contribution in [0.15, 0.2) is 30.3 Å². The van der Waals surface area contributed by atoms with Crippen LogP contribution in [0, 0.1) is 20.8 Å². The molecule has 0 aliphatic carbocycles. The summed E-state index contributed by atoms with van der Waals surface area (Å²) < 4.78 is 2.15. The van der Waals surface area contributed by atoms with Crippen LogP contribution in [0.25, 0.3) is 0 Å². The van der Waals surface area contributed by atoms with Crippen LogP contribution in [0.1, 0.15) is 34.5 Å². The second kappa shape index (κ2) is 6.61. The maximum absolute atomic E-state index is 12.0. The van der Waals surface area contributed by atoms with E-state index in [0.717, 1.165) is 6.42 Å². The average Bonchev–Trinajstić information content (AvgIpc) is 2.70. The van der Waals surface area contributed by atoms with Crippen LogP contribution >= 0.6 is 0 Å². The molecule has 1 heterocycles. The number of benzene rings is 1. The molecule has 112 valence electrons. The Kier molecular flexibility index (Phi) is 4.84. The molecule has 21 heavy (non-hydrogen) atoms. The molecule has 0 radical (unpaired) electrons. The minimum Gasteiger partial charge on any atom is -0.352 e. The number of carbonyl (C=O) groups is 1. The van der Waals surface area contributed by atoms with E-state index in [1.165, 1.54) is 28.1 Å². The summed E-state index contributed by atoms with van der Waals surface area (Å²) >= 11 is 0. The lowest BCUT2D eigenvalue weighted by atomic mass is 10.1. The lowest BCUT2D eigenvalue weighted by Gasteiger charge is -2.06. The lowest BCUT2D eigenvalue weighted by molar-refractivity contribution is -0.121. The van der Waals surface area contributed by atoms with Crippen molar-refractivity contribution in [3.63, 3.8) is 0 Å². The van der Waals surface area contributed by atoms with E-state index in [1.807, 2.05) is 13.1 Å². The average molecular weight is 284 g/mol. The number of hydrogen-bond acceptors (Lipinski definition) is 1. The van der Waals surface area contributed by atoms with Gasteiger partial charge in [0.05, 0.1) is 0 Å². The second-order valence-electron chi connectivity index (χ2n) is 5.72. The predicted molar refractivity (Wildman–Crippen MR) is 86.2 cm³/mol. The summed E-state index contributed by atoms with van der Waals surface area (Å²) in [6, 6.07) is 10.5. The maximum atomic E-state index is 12.0. The third kappa shape index (κ3) is 3.97. The molecule has 3 heteroatoms. The van der Waals surface area contributed by atoms with E-state index in [4.69, 9.17) is 0 Å². The number of carbonyl (C=O) groups excluding carboxylic acids is 1. The molecular formula is C18H24N2O. The molecule has 1 N–H and O–H groups in total. The Labute approximate surface area is 127 Å². The molecule has 0 saturated carbocycles. The Hall–Kier alpha value is -2.03. The van der Waals surface area contributed by atoms with Crippen molar-refractivity contribution in [2.75, 3.05) is 0 Å². The number of nitrogens with zero attached hydrogens (tertiary/aromatic N) is 1. The molecule has 0 fully saturated rings. The van der Waals surface area contributed by atoms with Crippen molar-refractivity contribution in [1.29, 1.82) is 0 Å². The van der Waals surface area contributed by atoms with Crippen molar-refractivity contribution in [2.24, 2.45) is 7.05 Å². The quantitative estimate of drug-likeness (QED) is 0.899. The van der Waals surface area contributed by atoms with Crippen molar-refractivity contribution in [3.8, 4) is 0 Å². The van der Waals surface area contributed by atoms with E-state index < -0.39 is 0 Å². The van der Waals surface area contributed by atoms with Crippen molar-refractivity contribution >= 4 is 5.91 Å². The maximum Gasteiger partial charge on any atom is 0.220 e. The highest BCUT2D eigenvalue weighted by molar-refractivity contribution is 5.76. The number of amides is 1. The summed E-state index contributed by atoms with van der Waals surface area (Å²) in [5.74, 6) is 0.109. The Morgan fingerprint density at radius 3 is 2.57 bits per heavy atom. The third-order valence-electron chi connectivity index (χ3n) is 4.08. The number of hydrogen-bond donors (Lipinski definition) is 1. The largest absolute Gasteiger partial charge is 0.352 e. The highest BCUT2D eigenvalue weighted by Gasteiger charge is 2.08. The third-order valence-corrected chi connectivity index (χ3v) is 4.08. The summed E-state index contributed by atoms with van der Waals surface area (Å²) in [4.78, 5) is 12.0. The van der Waals surface area contributed by atoms with Crippen molar-refractivity contribution in [3.05, 3.63) is 58.4 Å². The van der Waals surface area contributed by atoms with Gasteiger partial charge in [0.2, 0.25) is 5.91 Å². The molecule has 0 aliphatic rings. The molecule has 0 saturated heterocycles. The van der Waals surface area contributed by atoms with Gasteiger partial charge in [-0.1, -0.05) is 29.8 Å². The van der Waals surface area contributed by atoms with Gasteiger partial charge in [0, 0.05) is 31.4 Å². The van der Waals surface area contributed by atoms with Crippen LogP contribution in [0.5, 0.6) is 0 Å². The highest BCUT2D eigenvalue weighted by atomic mass is 16.1. The van der Waals surface area contributed by atoms with Gasteiger partial charge in [-0.15, -0.1) is 0 Å². The predicted octanol–water partition coefficient (Wildman–Crippen LogP) is 3.20. The van der Waals surface area contributed by atoms with E-state index in [-0.39, 0.29) is 5.91 Å². The van der Waals surface area contributed by atoms with Gasteiger partial charge in [0.15, 0.2) is 0 Å². The van der Waals surface area contributed by atoms with Crippen LogP contribution in [-0.2, 0) is 24.8 Å². The Morgan fingerprint density at radius 2 is 1.95 bits per heavy atom. The standard InChI is InChI=1S/C18H24N2O/c1-13-6-5-7-16(10-13)8-9-18(21)19-12-17-11-14(2)20(4)15(17)3/h5-7,10-11H,8-9,12H2,1-4H3,(H,19,21). The fourth-order valence-electron chi connectivity index (χ4n) is 2.52. The van der Waals surface area contributed by atoms with E-state index >= 15 is 0 Å². The van der Waals surface area contributed by atoms with Gasteiger partial charge in [-0.05, 0) is 44.4 Å². The first-order valence-electron chi connectivity index (χ1n) is 7.41. The van der Waals surface area contributed by atoms with Crippen molar-refractivity contribution in [1.82, 2.24) is 9.88 Å². The van der Waals surface area contributed by atoms with Gasteiger partial charge in [-0.25, -0.2) is 0 Å². The van der Waals surface area contributed by atoms with E-state index in [9.17, 15) is 4.79 Å². The number of rotatable bonds is 5. The van der Waals surface area contributed by atoms with Gasteiger partial charge < -0.3 is 9.88 Å².